The minimum Gasteiger partial charge on any atom is -0.461 e. The van der Waals surface area contributed by atoms with Crippen LogP contribution in [0, 0.1) is 5.82 Å². The lowest BCUT2D eigenvalue weighted by Gasteiger charge is -2.07. The van der Waals surface area contributed by atoms with Gasteiger partial charge in [0.1, 0.15) is 17.8 Å². The molecule has 7 nitrogen and oxygen atoms in total. The van der Waals surface area contributed by atoms with E-state index in [9.17, 15) is 14.0 Å². The number of rotatable bonds is 5. The molecular weight excluding hydrogens is 395 g/mol. The first-order valence-corrected chi connectivity index (χ1v) is 8.21. The Balaban J connectivity index is 1.61. The third-order valence-corrected chi connectivity index (χ3v) is 4.17. The first-order valence-electron chi connectivity index (χ1n) is 7.42. The van der Waals surface area contributed by atoms with Gasteiger partial charge in [-0.15, -0.1) is 0 Å². The summed E-state index contributed by atoms with van der Waals surface area (Å²) in [7, 11) is 1.69. The summed E-state index contributed by atoms with van der Waals surface area (Å²) < 4.78 is 22.2. The molecule has 3 aromatic rings. The van der Waals surface area contributed by atoms with E-state index >= 15 is 0 Å². The molecule has 2 aromatic heterocycles. The van der Waals surface area contributed by atoms with E-state index in [2.05, 4.69) is 26.0 Å². The first-order chi connectivity index (χ1) is 12.0. The molecule has 0 spiro atoms. The van der Waals surface area contributed by atoms with Gasteiger partial charge >= 0.3 is 5.97 Å². The predicted octanol–water partition coefficient (Wildman–Crippen LogP) is 2.17. The first kappa shape index (κ1) is 17.3. The van der Waals surface area contributed by atoms with E-state index in [0.29, 0.717) is 15.5 Å². The number of hydrogen-bond acceptors (Lipinski definition) is 5. The maximum Gasteiger partial charge on any atom is 0.307 e. The fraction of sp³-hybridized carbons (Fsp3) is 0.250. The Kier molecular flexibility index (Phi) is 4.93. The summed E-state index contributed by atoms with van der Waals surface area (Å²) in [5, 5.41) is 4.37. The Hall–Kier alpha value is -2.55. The van der Waals surface area contributed by atoms with Gasteiger partial charge in [0.15, 0.2) is 5.65 Å². The Morgan fingerprint density at radius 2 is 2.20 bits per heavy atom. The number of benzene rings is 1. The molecule has 0 radical (unpaired) electrons. The molecule has 130 valence electrons. The van der Waals surface area contributed by atoms with Crippen LogP contribution in [-0.2, 0) is 29.7 Å². The zero-order chi connectivity index (χ0) is 18.0. The van der Waals surface area contributed by atoms with Crippen molar-refractivity contribution in [3.8, 4) is 0 Å². The SMILES string of the molecule is Cn1ncc2c(=O)n(CCC(=O)OCc3ccc(Br)cc3F)cnc21. The number of esters is 1. The normalized spacial score (nSPS) is 11.0. The average molecular weight is 409 g/mol. The van der Waals surface area contributed by atoms with Crippen LogP contribution < -0.4 is 5.56 Å². The van der Waals surface area contributed by atoms with E-state index in [1.54, 1.807) is 13.1 Å². The molecular formula is C16H14BrFN4O3. The van der Waals surface area contributed by atoms with Gasteiger partial charge in [0.2, 0.25) is 0 Å². The third-order valence-electron chi connectivity index (χ3n) is 3.68. The Bertz CT molecular complexity index is 999. The molecule has 1 aromatic carbocycles. The van der Waals surface area contributed by atoms with Crippen LogP contribution in [0.25, 0.3) is 11.0 Å². The number of aryl methyl sites for hydroxylation is 2. The Labute approximate surface area is 150 Å². The number of carbonyl (C=O) groups excluding carboxylic acids is 1. The predicted molar refractivity (Wildman–Crippen MR) is 91.3 cm³/mol. The van der Waals surface area contributed by atoms with Crippen LogP contribution >= 0.6 is 15.9 Å². The quantitative estimate of drug-likeness (QED) is 0.604. The monoisotopic (exact) mass is 408 g/mol. The number of hydrogen-bond donors (Lipinski definition) is 0. The highest BCUT2D eigenvalue weighted by Gasteiger charge is 2.11. The Morgan fingerprint density at radius 3 is 2.96 bits per heavy atom. The van der Waals surface area contributed by atoms with Crippen molar-refractivity contribution in [1.82, 2.24) is 19.3 Å². The van der Waals surface area contributed by atoms with Crippen LogP contribution in [0.15, 0.2) is 40.0 Å². The van der Waals surface area contributed by atoms with E-state index in [4.69, 9.17) is 4.74 Å². The van der Waals surface area contributed by atoms with Gasteiger partial charge in [0.25, 0.3) is 5.56 Å². The summed E-state index contributed by atoms with van der Waals surface area (Å²) in [5.41, 5.74) is 0.492. The second-order valence-corrected chi connectivity index (χ2v) is 6.31. The van der Waals surface area contributed by atoms with Crippen LogP contribution in [0.4, 0.5) is 4.39 Å². The average Bonchev–Trinajstić information content (AvgIpc) is 2.95. The van der Waals surface area contributed by atoms with Crippen molar-refractivity contribution in [2.75, 3.05) is 0 Å². The van der Waals surface area contributed by atoms with E-state index < -0.39 is 11.8 Å². The molecule has 9 heteroatoms. The number of ether oxygens (including phenoxy) is 1. The van der Waals surface area contributed by atoms with Crippen molar-refractivity contribution in [2.45, 2.75) is 19.6 Å². The maximum atomic E-state index is 13.7. The lowest BCUT2D eigenvalue weighted by atomic mass is 10.2. The number of aromatic nitrogens is 4. The van der Waals surface area contributed by atoms with Crippen LogP contribution in [0.3, 0.4) is 0 Å². The lowest BCUT2D eigenvalue weighted by Crippen LogP contribution is -2.22. The van der Waals surface area contributed by atoms with Gasteiger partial charge < -0.3 is 4.74 Å². The summed E-state index contributed by atoms with van der Waals surface area (Å²) in [4.78, 5) is 28.3. The molecule has 0 aliphatic rings. The summed E-state index contributed by atoms with van der Waals surface area (Å²) in [6.45, 7) is -0.0367. The summed E-state index contributed by atoms with van der Waals surface area (Å²) in [6, 6.07) is 4.51. The van der Waals surface area contributed by atoms with Crippen LogP contribution in [0.5, 0.6) is 0 Å². The zero-order valence-corrected chi connectivity index (χ0v) is 14.9. The second kappa shape index (κ2) is 7.14. The smallest absolute Gasteiger partial charge is 0.307 e. The standard InChI is InChI=1S/C16H14BrFN4O3/c1-21-15-12(7-20-21)16(24)22(9-19-15)5-4-14(23)25-8-10-2-3-11(17)6-13(10)18/h2-3,6-7,9H,4-5,8H2,1H3. The summed E-state index contributed by atoms with van der Waals surface area (Å²) >= 11 is 3.16. The van der Waals surface area contributed by atoms with Crippen molar-refractivity contribution >= 4 is 32.9 Å². The van der Waals surface area contributed by atoms with Crippen molar-refractivity contribution in [3.63, 3.8) is 0 Å². The molecule has 2 heterocycles. The van der Waals surface area contributed by atoms with Gasteiger partial charge in [-0.25, -0.2) is 9.37 Å². The molecule has 0 saturated heterocycles. The minimum absolute atomic E-state index is 0.0223. The van der Waals surface area contributed by atoms with E-state index in [0.717, 1.165) is 0 Å². The Morgan fingerprint density at radius 1 is 1.40 bits per heavy atom. The van der Waals surface area contributed by atoms with Crippen LogP contribution in [0.2, 0.25) is 0 Å². The number of nitrogens with zero attached hydrogens (tertiary/aromatic N) is 4. The maximum absolute atomic E-state index is 13.7. The summed E-state index contributed by atoms with van der Waals surface area (Å²) in [6.07, 6.45) is 2.79. The van der Waals surface area contributed by atoms with Crippen LogP contribution in [-0.4, -0.2) is 25.3 Å². The van der Waals surface area contributed by atoms with Gasteiger partial charge in [-0.2, -0.15) is 5.10 Å². The van der Waals surface area contributed by atoms with Gasteiger partial charge in [-0.05, 0) is 12.1 Å². The van der Waals surface area contributed by atoms with E-state index in [1.807, 2.05) is 0 Å². The third kappa shape index (κ3) is 3.76. The lowest BCUT2D eigenvalue weighted by molar-refractivity contribution is -0.145. The van der Waals surface area contributed by atoms with Crippen molar-refractivity contribution in [1.29, 1.82) is 0 Å². The molecule has 25 heavy (non-hydrogen) atoms. The molecule has 0 aliphatic heterocycles. The van der Waals surface area contributed by atoms with Crippen LogP contribution in [0.1, 0.15) is 12.0 Å². The molecule has 0 unspecified atom stereocenters. The van der Waals surface area contributed by atoms with E-state index in [1.165, 1.54) is 33.9 Å². The molecule has 0 fully saturated rings. The molecule has 0 amide bonds. The molecule has 0 N–H and O–H groups in total. The summed E-state index contributed by atoms with van der Waals surface area (Å²) in [5.74, 6) is -0.981. The molecule has 0 bridgehead atoms. The molecule has 3 rings (SSSR count). The van der Waals surface area contributed by atoms with E-state index in [-0.39, 0.29) is 30.7 Å². The number of halogens is 2. The number of carbonyl (C=O) groups is 1. The largest absolute Gasteiger partial charge is 0.461 e. The highest BCUT2D eigenvalue weighted by atomic mass is 79.9. The zero-order valence-electron chi connectivity index (χ0n) is 13.3. The molecule has 0 aliphatic carbocycles. The fourth-order valence-corrected chi connectivity index (χ4v) is 2.64. The number of fused-ring (bicyclic) bond motifs is 1. The van der Waals surface area contributed by atoms with Gasteiger partial charge in [0.05, 0.1) is 18.9 Å². The van der Waals surface area contributed by atoms with Gasteiger partial charge in [-0.1, -0.05) is 22.0 Å². The highest BCUT2D eigenvalue weighted by molar-refractivity contribution is 9.10. The van der Waals surface area contributed by atoms with Gasteiger partial charge in [-0.3, -0.25) is 18.8 Å². The fourth-order valence-electron chi connectivity index (χ4n) is 2.31. The van der Waals surface area contributed by atoms with Crippen molar-refractivity contribution in [2.24, 2.45) is 7.05 Å². The topological polar surface area (TPSA) is 79.0 Å². The second-order valence-electron chi connectivity index (χ2n) is 5.39. The molecule has 0 atom stereocenters. The molecule has 0 saturated carbocycles. The highest BCUT2D eigenvalue weighted by Crippen LogP contribution is 2.16. The van der Waals surface area contributed by atoms with Gasteiger partial charge in [0, 0.05) is 23.6 Å². The minimum atomic E-state index is -0.527. The van der Waals surface area contributed by atoms with Crippen molar-refractivity contribution in [3.05, 3.63) is 56.9 Å². The van der Waals surface area contributed by atoms with Crippen molar-refractivity contribution < 1.29 is 13.9 Å².